The minimum absolute atomic E-state index is 0.0555. The van der Waals surface area contributed by atoms with Crippen LogP contribution in [0.15, 0.2) is 96.1 Å². The van der Waals surface area contributed by atoms with Gasteiger partial charge in [-0.2, -0.15) is 10.2 Å². The van der Waals surface area contributed by atoms with Crippen LogP contribution in [-0.2, 0) is 0 Å². The molecule has 7 heteroatoms. The molecule has 0 unspecified atom stereocenters. The maximum Gasteiger partial charge on any atom is 0.291 e. The van der Waals surface area contributed by atoms with Gasteiger partial charge in [-0.25, -0.2) is 10.1 Å². The van der Waals surface area contributed by atoms with Gasteiger partial charge in [0.1, 0.15) is 0 Å². The molecule has 0 radical (unpaired) electrons. The Morgan fingerprint density at radius 1 is 1.00 bits per heavy atom. The van der Waals surface area contributed by atoms with Crippen LogP contribution in [0.2, 0.25) is 0 Å². The van der Waals surface area contributed by atoms with Gasteiger partial charge in [-0.15, -0.1) is 0 Å². The Bertz CT molecular complexity index is 1600. The lowest BCUT2D eigenvalue weighted by Crippen LogP contribution is -2.18. The normalized spacial score (nSPS) is 11.2. The quantitative estimate of drug-likeness (QED) is 0.251. The number of ether oxygens (including phenoxy) is 1. The van der Waals surface area contributed by atoms with Crippen molar-refractivity contribution >= 4 is 22.9 Å². The number of phenols is 1. The molecule has 0 aliphatic rings. The van der Waals surface area contributed by atoms with Crippen LogP contribution in [0.3, 0.4) is 0 Å². The molecule has 5 rings (SSSR count). The second-order valence-corrected chi connectivity index (χ2v) is 8.24. The van der Waals surface area contributed by atoms with Crippen LogP contribution in [0.1, 0.15) is 21.6 Å². The van der Waals surface area contributed by atoms with Crippen LogP contribution in [0.25, 0.3) is 27.7 Å². The van der Waals surface area contributed by atoms with Crippen LogP contribution < -0.4 is 10.2 Å². The zero-order valence-corrected chi connectivity index (χ0v) is 19.8. The number of nitrogens with one attached hydrogen (secondary N) is 1. The molecule has 178 valence electrons. The van der Waals surface area contributed by atoms with Crippen molar-refractivity contribution in [2.75, 3.05) is 7.11 Å². The summed E-state index contributed by atoms with van der Waals surface area (Å²) < 4.78 is 6.91. The fourth-order valence-corrected chi connectivity index (χ4v) is 4.14. The Balaban J connectivity index is 1.54. The number of rotatable bonds is 6. The molecule has 4 aromatic carbocycles. The number of para-hydroxylation sites is 2. The third-order valence-corrected chi connectivity index (χ3v) is 5.97. The highest BCUT2D eigenvalue weighted by atomic mass is 16.5. The van der Waals surface area contributed by atoms with Gasteiger partial charge in [-0.1, -0.05) is 66.7 Å². The molecule has 1 amide bonds. The Morgan fingerprint density at radius 3 is 2.58 bits per heavy atom. The Morgan fingerprint density at radius 2 is 1.75 bits per heavy atom. The number of phenolic OH excluding ortho intramolecular Hbond substituents is 1. The summed E-state index contributed by atoms with van der Waals surface area (Å²) in [6.07, 6.45) is 1.36. The Kier molecular flexibility index (Phi) is 6.19. The summed E-state index contributed by atoms with van der Waals surface area (Å²) in [5, 5.41) is 21.1. The number of aryl methyl sites for hydroxylation is 1. The van der Waals surface area contributed by atoms with E-state index in [0.717, 1.165) is 33.3 Å². The summed E-state index contributed by atoms with van der Waals surface area (Å²) in [6, 6.07) is 28.9. The largest absolute Gasteiger partial charge is 0.504 e. The topological polar surface area (TPSA) is 88.7 Å². The maximum absolute atomic E-state index is 13.0. The molecule has 5 aromatic rings. The highest BCUT2D eigenvalue weighted by Gasteiger charge is 2.19. The van der Waals surface area contributed by atoms with E-state index in [-0.39, 0.29) is 11.4 Å². The maximum atomic E-state index is 13.0. The van der Waals surface area contributed by atoms with Gasteiger partial charge >= 0.3 is 0 Å². The zero-order chi connectivity index (χ0) is 25.1. The van der Waals surface area contributed by atoms with Crippen molar-refractivity contribution in [2.24, 2.45) is 5.10 Å². The predicted octanol–water partition coefficient (Wildman–Crippen LogP) is 5.48. The molecule has 0 atom stereocenters. The average Bonchev–Trinajstić information content (AvgIpc) is 3.34. The van der Waals surface area contributed by atoms with Crippen molar-refractivity contribution in [2.45, 2.75) is 6.92 Å². The van der Waals surface area contributed by atoms with Crippen LogP contribution in [0.5, 0.6) is 11.5 Å². The highest BCUT2D eigenvalue weighted by Crippen LogP contribution is 2.32. The number of benzene rings is 4. The van der Waals surface area contributed by atoms with E-state index in [2.05, 4.69) is 33.8 Å². The van der Waals surface area contributed by atoms with E-state index in [1.165, 1.54) is 13.3 Å². The van der Waals surface area contributed by atoms with Crippen molar-refractivity contribution in [3.63, 3.8) is 0 Å². The van der Waals surface area contributed by atoms with Gasteiger partial charge in [-0.3, -0.25) is 4.79 Å². The van der Waals surface area contributed by atoms with E-state index in [9.17, 15) is 9.90 Å². The number of amides is 1. The highest BCUT2D eigenvalue weighted by molar-refractivity contribution is 5.99. The number of aromatic nitrogens is 2. The third-order valence-electron chi connectivity index (χ3n) is 5.97. The van der Waals surface area contributed by atoms with Gasteiger partial charge in [0.2, 0.25) is 0 Å². The van der Waals surface area contributed by atoms with Gasteiger partial charge in [-0.05, 0) is 47.5 Å². The number of nitrogens with zero attached hydrogens (tertiary/aromatic N) is 3. The first-order valence-corrected chi connectivity index (χ1v) is 11.4. The Labute approximate surface area is 208 Å². The number of hydrogen-bond acceptors (Lipinski definition) is 5. The average molecular weight is 477 g/mol. The fraction of sp³-hybridized carbons (Fsp3) is 0.0690. The molecule has 0 saturated heterocycles. The van der Waals surface area contributed by atoms with E-state index in [4.69, 9.17) is 4.74 Å². The number of methoxy groups -OCH3 is 1. The molecule has 1 heterocycles. The second kappa shape index (κ2) is 9.76. The summed E-state index contributed by atoms with van der Waals surface area (Å²) in [5.74, 6) is -0.204. The number of aromatic hydroxyl groups is 1. The molecular weight excluding hydrogens is 452 g/mol. The SMILES string of the molecule is COc1cccc(/C=N\NC(=O)c2cc(-c3cccc4ccccc34)n(-c3ccccc3C)n2)c1O. The van der Waals surface area contributed by atoms with Gasteiger partial charge in [0, 0.05) is 11.1 Å². The minimum atomic E-state index is -0.470. The summed E-state index contributed by atoms with van der Waals surface area (Å²) in [7, 11) is 1.47. The summed E-state index contributed by atoms with van der Waals surface area (Å²) in [4.78, 5) is 13.0. The lowest BCUT2D eigenvalue weighted by molar-refractivity contribution is 0.0949. The second-order valence-electron chi connectivity index (χ2n) is 8.24. The van der Waals surface area contributed by atoms with E-state index < -0.39 is 5.91 Å². The smallest absolute Gasteiger partial charge is 0.291 e. The molecule has 2 N–H and O–H groups in total. The number of hydrazone groups is 1. The number of carbonyl (C=O) groups excluding carboxylic acids is 1. The lowest BCUT2D eigenvalue weighted by atomic mass is 10.0. The van der Waals surface area contributed by atoms with E-state index >= 15 is 0 Å². The molecule has 0 aliphatic carbocycles. The zero-order valence-electron chi connectivity index (χ0n) is 19.8. The van der Waals surface area contributed by atoms with E-state index in [1.54, 1.807) is 28.9 Å². The monoisotopic (exact) mass is 476 g/mol. The van der Waals surface area contributed by atoms with E-state index in [0.29, 0.717) is 11.3 Å². The van der Waals surface area contributed by atoms with Crippen molar-refractivity contribution in [3.05, 3.63) is 108 Å². The third kappa shape index (κ3) is 4.30. The molecule has 7 nitrogen and oxygen atoms in total. The number of fused-ring (bicyclic) bond motifs is 1. The fourth-order valence-electron chi connectivity index (χ4n) is 4.14. The van der Waals surface area contributed by atoms with Crippen LogP contribution in [0, 0.1) is 6.92 Å². The molecule has 0 bridgehead atoms. The molecule has 0 fully saturated rings. The molecule has 0 spiro atoms. The van der Waals surface area contributed by atoms with E-state index in [1.807, 2.05) is 55.5 Å². The lowest BCUT2D eigenvalue weighted by Gasteiger charge is -2.12. The summed E-state index contributed by atoms with van der Waals surface area (Å²) in [5.41, 5.74) is 6.80. The number of hydrogen-bond donors (Lipinski definition) is 2. The molecule has 0 aliphatic heterocycles. The van der Waals surface area contributed by atoms with Crippen molar-refractivity contribution in [1.29, 1.82) is 0 Å². The molecule has 1 aromatic heterocycles. The molecular formula is C29H24N4O3. The van der Waals surface area contributed by atoms with Gasteiger partial charge in [0.15, 0.2) is 17.2 Å². The van der Waals surface area contributed by atoms with Gasteiger partial charge in [0.05, 0.1) is 24.7 Å². The van der Waals surface area contributed by atoms with Crippen molar-refractivity contribution in [1.82, 2.24) is 15.2 Å². The minimum Gasteiger partial charge on any atom is -0.504 e. The van der Waals surface area contributed by atoms with Crippen LogP contribution in [-0.4, -0.2) is 34.1 Å². The summed E-state index contributed by atoms with van der Waals surface area (Å²) in [6.45, 7) is 2.01. The standard InChI is InChI=1S/C29H24N4O3/c1-19-9-3-6-15-25(19)33-26(23-14-7-11-20-10-4-5-13-22(20)23)17-24(32-33)29(35)31-30-18-21-12-8-16-27(36-2)28(21)34/h3-18,34H,1-2H3,(H,31,35)/b30-18-. The van der Waals surface area contributed by atoms with Gasteiger partial charge < -0.3 is 9.84 Å². The summed E-state index contributed by atoms with van der Waals surface area (Å²) >= 11 is 0. The first kappa shape index (κ1) is 22.9. The van der Waals surface area contributed by atoms with Crippen molar-refractivity contribution in [3.8, 4) is 28.4 Å². The van der Waals surface area contributed by atoms with Crippen LogP contribution >= 0.6 is 0 Å². The Hall–Kier alpha value is -4.91. The van der Waals surface area contributed by atoms with Crippen LogP contribution in [0.4, 0.5) is 0 Å². The first-order chi connectivity index (χ1) is 17.6. The van der Waals surface area contributed by atoms with Gasteiger partial charge in [0.25, 0.3) is 5.91 Å². The first-order valence-electron chi connectivity index (χ1n) is 11.4. The van der Waals surface area contributed by atoms with Crippen molar-refractivity contribution < 1.29 is 14.6 Å². The number of carbonyl (C=O) groups is 1. The predicted molar refractivity (Wildman–Crippen MR) is 141 cm³/mol. The molecule has 36 heavy (non-hydrogen) atoms. The molecule has 0 saturated carbocycles.